The highest BCUT2D eigenvalue weighted by molar-refractivity contribution is 5.99. The molecule has 1 heterocycles. The molecule has 0 radical (unpaired) electrons. The van der Waals surface area contributed by atoms with Gasteiger partial charge in [-0.05, 0) is 49.2 Å². The maximum atomic E-state index is 13.0. The van der Waals surface area contributed by atoms with Gasteiger partial charge in [-0.15, -0.1) is 0 Å². The summed E-state index contributed by atoms with van der Waals surface area (Å²) in [6.07, 6.45) is 0.514. The summed E-state index contributed by atoms with van der Waals surface area (Å²) in [5.74, 6) is -0.0964. The van der Waals surface area contributed by atoms with E-state index >= 15 is 0 Å². The first-order valence-corrected chi connectivity index (χ1v) is 11.3. The van der Waals surface area contributed by atoms with E-state index in [0.717, 1.165) is 28.8 Å². The summed E-state index contributed by atoms with van der Waals surface area (Å²) in [5, 5.41) is 6.42. The molecule has 0 aliphatic carbocycles. The average molecular weight is 444 g/mol. The number of fused-ring (bicyclic) bond motifs is 1. The zero-order chi connectivity index (χ0) is 23.0. The molecule has 3 aromatic rings. The fraction of sp³-hybridized carbons (Fsp3) is 0.259. The van der Waals surface area contributed by atoms with Crippen LogP contribution in [0.15, 0.2) is 78.9 Å². The molecule has 0 saturated heterocycles. The highest BCUT2D eigenvalue weighted by atomic mass is 16.5. The monoisotopic (exact) mass is 443 g/mol. The van der Waals surface area contributed by atoms with E-state index in [0.29, 0.717) is 31.9 Å². The van der Waals surface area contributed by atoms with Crippen molar-refractivity contribution in [3.8, 4) is 0 Å². The third-order valence-corrected chi connectivity index (χ3v) is 5.70. The molecule has 0 aromatic heterocycles. The maximum absolute atomic E-state index is 13.0. The van der Waals surface area contributed by atoms with Crippen LogP contribution in [0, 0.1) is 0 Å². The van der Waals surface area contributed by atoms with Crippen molar-refractivity contribution in [2.24, 2.45) is 0 Å². The minimum absolute atomic E-state index is 0.0245. The summed E-state index contributed by atoms with van der Waals surface area (Å²) >= 11 is 0. The van der Waals surface area contributed by atoms with Crippen LogP contribution >= 0.6 is 0 Å². The minimum atomic E-state index is -0.256. The molecular weight excluding hydrogens is 414 g/mol. The fourth-order valence-corrected chi connectivity index (χ4v) is 3.99. The van der Waals surface area contributed by atoms with Crippen LogP contribution in [-0.2, 0) is 11.3 Å². The Morgan fingerprint density at radius 2 is 1.70 bits per heavy atom. The number of carbonyl (C=O) groups is 2. The first-order valence-electron chi connectivity index (χ1n) is 11.3. The van der Waals surface area contributed by atoms with Gasteiger partial charge in [-0.25, -0.2) is 0 Å². The Morgan fingerprint density at radius 1 is 0.970 bits per heavy atom. The van der Waals surface area contributed by atoms with Gasteiger partial charge in [-0.3, -0.25) is 9.59 Å². The van der Waals surface area contributed by atoms with Crippen LogP contribution in [-0.4, -0.2) is 36.5 Å². The number of benzene rings is 3. The summed E-state index contributed by atoms with van der Waals surface area (Å²) in [6, 6.07) is 24.9. The Labute approximate surface area is 194 Å². The Morgan fingerprint density at radius 3 is 2.45 bits per heavy atom. The molecule has 0 bridgehead atoms. The van der Waals surface area contributed by atoms with E-state index in [9.17, 15) is 9.59 Å². The smallest absolute Gasteiger partial charge is 0.256 e. The van der Waals surface area contributed by atoms with E-state index in [1.165, 1.54) is 0 Å². The molecule has 1 unspecified atom stereocenters. The number of hydrogen-bond acceptors (Lipinski definition) is 4. The third kappa shape index (κ3) is 5.41. The topological polar surface area (TPSA) is 70.7 Å². The minimum Gasteiger partial charge on any atom is -0.382 e. The average Bonchev–Trinajstić information content (AvgIpc) is 3.12. The molecule has 33 heavy (non-hydrogen) atoms. The zero-order valence-electron chi connectivity index (χ0n) is 18.8. The third-order valence-electron chi connectivity index (χ3n) is 5.70. The lowest BCUT2D eigenvalue weighted by molar-refractivity contribution is 0.0708. The molecule has 170 valence electrons. The second-order valence-electron chi connectivity index (χ2n) is 7.93. The van der Waals surface area contributed by atoms with Crippen molar-refractivity contribution in [1.29, 1.82) is 0 Å². The van der Waals surface area contributed by atoms with Gasteiger partial charge in [-0.1, -0.05) is 48.5 Å². The molecule has 4 rings (SSSR count). The van der Waals surface area contributed by atoms with E-state index in [1.54, 1.807) is 12.1 Å². The molecular formula is C27H29N3O3. The van der Waals surface area contributed by atoms with Gasteiger partial charge in [0.25, 0.3) is 11.8 Å². The number of nitrogens with one attached hydrogen (secondary N) is 2. The number of nitrogens with zero attached hydrogens (tertiary/aromatic N) is 1. The first kappa shape index (κ1) is 22.6. The lowest BCUT2D eigenvalue weighted by Crippen LogP contribution is -2.33. The quantitative estimate of drug-likeness (QED) is 0.449. The Bertz CT molecular complexity index is 1080. The van der Waals surface area contributed by atoms with Gasteiger partial charge in [0.2, 0.25) is 0 Å². The predicted molar refractivity (Wildman–Crippen MR) is 129 cm³/mol. The molecule has 1 atom stereocenters. The predicted octanol–water partition coefficient (Wildman–Crippen LogP) is 4.61. The van der Waals surface area contributed by atoms with Crippen molar-refractivity contribution in [3.05, 3.63) is 101 Å². The van der Waals surface area contributed by atoms with E-state index < -0.39 is 0 Å². The van der Waals surface area contributed by atoms with Gasteiger partial charge in [0.1, 0.15) is 6.17 Å². The summed E-state index contributed by atoms with van der Waals surface area (Å²) < 4.78 is 5.45. The van der Waals surface area contributed by atoms with Crippen LogP contribution in [0.4, 0.5) is 5.69 Å². The van der Waals surface area contributed by atoms with Gasteiger partial charge in [0, 0.05) is 48.7 Å². The Balaban J connectivity index is 1.42. The molecule has 0 spiro atoms. The van der Waals surface area contributed by atoms with Crippen molar-refractivity contribution < 1.29 is 14.3 Å². The van der Waals surface area contributed by atoms with E-state index in [1.807, 2.05) is 78.6 Å². The van der Waals surface area contributed by atoms with Crippen LogP contribution in [0.5, 0.6) is 0 Å². The second kappa shape index (κ2) is 10.8. The van der Waals surface area contributed by atoms with Crippen LogP contribution in [0.2, 0.25) is 0 Å². The van der Waals surface area contributed by atoms with Crippen LogP contribution < -0.4 is 10.6 Å². The lowest BCUT2D eigenvalue weighted by atomic mass is 10.1. The van der Waals surface area contributed by atoms with E-state index in [4.69, 9.17) is 4.74 Å². The number of amides is 2. The highest BCUT2D eigenvalue weighted by Crippen LogP contribution is 2.34. The van der Waals surface area contributed by atoms with Gasteiger partial charge in [-0.2, -0.15) is 0 Å². The normalized spacial score (nSPS) is 14.8. The molecule has 6 nitrogen and oxygen atoms in total. The summed E-state index contributed by atoms with van der Waals surface area (Å²) in [5.41, 5.74) is 4.18. The maximum Gasteiger partial charge on any atom is 0.256 e. The van der Waals surface area contributed by atoms with E-state index in [2.05, 4.69) is 10.6 Å². The molecule has 2 N–H and O–H groups in total. The lowest BCUT2D eigenvalue weighted by Gasteiger charge is -2.27. The van der Waals surface area contributed by atoms with Crippen molar-refractivity contribution in [1.82, 2.24) is 10.2 Å². The summed E-state index contributed by atoms with van der Waals surface area (Å²) in [7, 11) is 0. The molecule has 0 saturated carbocycles. The van der Waals surface area contributed by atoms with Gasteiger partial charge in [0.05, 0.1) is 0 Å². The highest BCUT2D eigenvalue weighted by Gasteiger charge is 2.36. The molecule has 1 aliphatic heterocycles. The van der Waals surface area contributed by atoms with Crippen molar-refractivity contribution >= 4 is 17.5 Å². The number of hydrogen-bond donors (Lipinski definition) is 2. The van der Waals surface area contributed by atoms with Crippen molar-refractivity contribution in [2.45, 2.75) is 26.1 Å². The molecule has 1 aliphatic rings. The number of rotatable bonds is 10. The van der Waals surface area contributed by atoms with Gasteiger partial charge in [0.15, 0.2) is 0 Å². The van der Waals surface area contributed by atoms with Crippen molar-refractivity contribution in [3.63, 3.8) is 0 Å². The van der Waals surface area contributed by atoms with Crippen LogP contribution in [0.3, 0.4) is 0 Å². The Hall–Kier alpha value is -3.64. The molecule has 6 heteroatoms. The summed E-state index contributed by atoms with van der Waals surface area (Å²) in [6.45, 7) is 4.34. The van der Waals surface area contributed by atoms with Gasteiger partial charge >= 0.3 is 0 Å². The first-order chi connectivity index (χ1) is 16.2. The summed E-state index contributed by atoms with van der Waals surface area (Å²) in [4.78, 5) is 27.3. The second-order valence-corrected chi connectivity index (χ2v) is 7.93. The largest absolute Gasteiger partial charge is 0.382 e. The zero-order valence-corrected chi connectivity index (χ0v) is 18.8. The van der Waals surface area contributed by atoms with Crippen LogP contribution in [0.1, 0.15) is 51.4 Å². The number of anilines is 1. The van der Waals surface area contributed by atoms with Crippen molar-refractivity contribution in [2.75, 3.05) is 25.1 Å². The Kier molecular flexibility index (Phi) is 7.37. The number of carbonyl (C=O) groups excluding carboxylic acids is 2. The fourth-order valence-electron chi connectivity index (χ4n) is 3.99. The number of ether oxygens (including phenoxy) is 1. The standard InChI is InChI=1S/C27H29N3O3/c1-2-33-18-8-17-30-25(23-11-6-7-12-24(23)27(30)32)29-22-15-13-21(14-16-22)26(31)28-19-20-9-4-3-5-10-20/h3-7,9-16,25,29H,2,8,17-19H2,1H3,(H,28,31). The molecule has 2 amide bonds. The molecule has 0 fully saturated rings. The SMILES string of the molecule is CCOCCCN1C(=O)c2ccccc2C1Nc1ccc(C(=O)NCc2ccccc2)cc1. The van der Waals surface area contributed by atoms with Crippen LogP contribution in [0.25, 0.3) is 0 Å². The molecule has 3 aromatic carbocycles. The van der Waals surface area contributed by atoms with E-state index in [-0.39, 0.29) is 18.0 Å². The van der Waals surface area contributed by atoms with Gasteiger partial charge < -0.3 is 20.3 Å².